The third kappa shape index (κ3) is 2.62. The number of nitrogens with zero attached hydrogens (tertiary/aromatic N) is 3. The van der Waals surface area contributed by atoms with Crippen molar-refractivity contribution in [2.24, 2.45) is 0 Å². The molecule has 0 aliphatic carbocycles. The minimum absolute atomic E-state index is 0.827. The summed E-state index contributed by atoms with van der Waals surface area (Å²) in [7, 11) is 0. The van der Waals surface area contributed by atoms with Crippen molar-refractivity contribution in [2.75, 3.05) is 6.54 Å². The highest BCUT2D eigenvalue weighted by atomic mass is 15.4. The maximum Gasteiger partial charge on any atom is 0.0964 e. The molecular formula is C8H16N4. The van der Waals surface area contributed by atoms with Crippen LogP contribution in [0.15, 0.2) is 6.20 Å². The summed E-state index contributed by atoms with van der Waals surface area (Å²) in [6.07, 6.45) is 3.13. The molecule has 0 saturated carbocycles. The first-order chi connectivity index (χ1) is 5.86. The van der Waals surface area contributed by atoms with E-state index < -0.39 is 0 Å². The maximum atomic E-state index is 4.01. The van der Waals surface area contributed by atoms with Gasteiger partial charge in [0.1, 0.15) is 0 Å². The summed E-state index contributed by atoms with van der Waals surface area (Å²) < 4.78 is 1.84. The molecule has 4 heteroatoms. The van der Waals surface area contributed by atoms with Crippen molar-refractivity contribution in [3.05, 3.63) is 11.9 Å². The van der Waals surface area contributed by atoms with Crippen molar-refractivity contribution < 1.29 is 0 Å². The van der Waals surface area contributed by atoms with E-state index in [0.717, 1.165) is 31.7 Å². The summed E-state index contributed by atoms with van der Waals surface area (Å²) in [4.78, 5) is 0. The minimum Gasteiger partial charge on any atom is -0.311 e. The summed E-state index contributed by atoms with van der Waals surface area (Å²) in [5.74, 6) is 0. The van der Waals surface area contributed by atoms with Crippen molar-refractivity contribution in [1.82, 2.24) is 20.3 Å². The molecule has 0 saturated heterocycles. The summed E-state index contributed by atoms with van der Waals surface area (Å²) in [5, 5.41) is 11.2. The average molecular weight is 168 g/mol. The lowest BCUT2D eigenvalue weighted by Crippen LogP contribution is -2.13. The van der Waals surface area contributed by atoms with Crippen LogP contribution < -0.4 is 5.32 Å². The van der Waals surface area contributed by atoms with Crippen molar-refractivity contribution in [2.45, 2.75) is 33.4 Å². The molecule has 1 N–H and O–H groups in total. The largest absolute Gasteiger partial charge is 0.311 e. The van der Waals surface area contributed by atoms with Crippen LogP contribution in [0, 0.1) is 0 Å². The van der Waals surface area contributed by atoms with E-state index in [-0.39, 0.29) is 0 Å². The summed E-state index contributed by atoms with van der Waals surface area (Å²) in [6.45, 7) is 6.96. The lowest BCUT2D eigenvalue weighted by atomic mass is 10.4. The molecule has 0 bridgehead atoms. The summed E-state index contributed by atoms with van der Waals surface area (Å²) in [6, 6.07) is 0. The summed E-state index contributed by atoms with van der Waals surface area (Å²) >= 11 is 0. The molecule has 0 radical (unpaired) electrons. The van der Waals surface area contributed by atoms with Gasteiger partial charge in [-0.1, -0.05) is 12.1 Å². The lowest BCUT2D eigenvalue weighted by molar-refractivity contribution is 0.625. The van der Waals surface area contributed by atoms with Gasteiger partial charge in [0.25, 0.3) is 0 Å². The highest BCUT2D eigenvalue weighted by Crippen LogP contribution is 1.91. The lowest BCUT2D eigenvalue weighted by Gasteiger charge is -1.96. The predicted molar refractivity (Wildman–Crippen MR) is 47.7 cm³/mol. The van der Waals surface area contributed by atoms with Gasteiger partial charge >= 0.3 is 0 Å². The van der Waals surface area contributed by atoms with Gasteiger partial charge in [-0.3, -0.25) is 4.68 Å². The maximum absolute atomic E-state index is 4.01. The Morgan fingerprint density at radius 3 is 2.92 bits per heavy atom. The van der Waals surface area contributed by atoms with Crippen molar-refractivity contribution in [1.29, 1.82) is 0 Å². The predicted octanol–water partition coefficient (Wildman–Crippen LogP) is 0.798. The highest BCUT2D eigenvalue weighted by Gasteiger charge is 1.96. The molecule has 1 rings (SSSR count). The average Bonchev–Trinajstić information content (AvgIpc) is 2.53. The van der Waals surface area contributed by atoms with E-state index in [1.54, 1.807) is 0 Å². The number of hydrogen-bond acceptors (Lipinski definition) is 3. The molecule has 0 fully saturated rings. The molecular weight excluding hydrogens is 152 g/mol. The van der Waals surface area contributed by atoms with E-state index in [1.807, 2.05) is 10.9 Å². The molecule has 0 unspecified atom stereocenters. The number of aryl methyl sites for hydroxylation is 1. The van der Waals surface area contributed by atoms with Crippen LogP contribution in [0.2, 0.25) is 0 Å². The fourth-order valence-electron chi connectivity index (χ4n) is 0.967. The van der Waals surface area contributed by atoms with Crippen LogP contribution >= 0.6 is 0 Å². The van der Waals surface area contributed by atoms with Crippen LogP contribution in [0.3, 0.4) is 0 Å². The number of hydrogen-bond donors (Lipinski definition) is 1. The Hall–Kier alpha value is -0.900. The third-order valence-corrected chi connectivity index (χ3v) is 1.64. The van der Waals surface area contributed by atoms with Crippen LogP contribution in [0.1, 0.15) is 26.0 Å². The zero-order valence-corrected chi connectivity index (χ0v) is 7.75. The molecule has 0 aliphatic rings. The van der Waals surface area contributed by atoms with Gasteiger partial charge in [-0.2, -0.15) is 0 Å². The van der Waals surface area contributed by atoms with Gasteiger partial charge in [-0.05, 0) is 19.9 Å². The van der Waals surface area contributed by atoms with Gasteiger partial charge in [0.15, 0.2) is 0 Å². The fourth-order valence-corrected chi connectivity index (χ4v) is 0.967. The smallest absolute Gasteiger partial charge is 0.0964 e. The fraction of sp³-hybridized carbons (Fsp3) is 0.750. The third-order valence-electron chi connectivity index (χ3n) is 1.64. The first-order valence-electron chi connectivity index (χ1n) is 4.46. The monoisotopic (exact) mass is 168 g/mol. The Balaban J connectivity index is 2.31. The minimum atomic E-state index is 0.827. The van der Waals surface area contributed by atoms with E-state index in [9.17, 15) is 0 Å². The van der Waals surface area contributed by atoms with Gasteiger partial charge in [-0.15, -0.1) is 5.10 Å². The number of rotatable bonds is 5. The van der Waals surface area contributed by atoms with Gasteiger partial charge in [0, 0.05) is 19.3 Å². The Labute approximate surface area is 73.0 Å². The van der Waals surface area contributed by atoms with Crippen LogP contribution in [-0.2, 0) is 13.1 Å². The van der Waals surface area contributed by atoms with Crippen LogP contribution in [-0.4, -0.2) is 21.5 Å². The molecule has 1 aromatic heterocycles. The van der Waals surface area contributed by atoms with Gasteiger partial charge in [0.2, 0.25) is 0 Å². The molecule has 0 aromatic carbocycles. The molecule has 68 valence electrons. The second-order valence-electron chi connectivity index (χ2n) is 2.74. The van der Waals surface area contributed by atoms with Gasteiger partial charge in [-0.25, -0.2) is 0 Å². The van der Waals surface area contributed by atoms with Crippen LogP contribution in [0.25, 0.3) is 0 Å². The molecule has 1 aromatic rings. The first kappa shape index (κ1) is 9.19. The second-order valence-corrected chi connectivity index (χ2v) is 2.74. The Morgan fingerprint density at radius 2 is 2.33 bits per heavy atom. The highest BCUT2D eigenvalue weighted by molar-refractivity contribution is 4.90. The Kier molecular flexibility index (Phi) is 3.73. The quantitative estimate of drug-likeness (QED) is 0.661. The topological polar surface area (TPSA) is 42.7 Å². The molecule has 0 amide bonds. The van der Waals surface area contributed by atoms with E-state index in [4.69, 9.17) is 0 Å². The molecule has 12 heavy (non-hydrogen) atoms. The molecule has 0 atom stereocenters. The Morgan fingerprint density at radius 1 is 1.50 bits per heavy atom. The first-order valence-corrected chi connectivity index (χ1v) is 4.46. The molecule has 4 nitrogen and oxygen atoms in total. The second kappa shape index (κ2) is 4.87. The zero-order chi connectivity index (χ0) is 8.81. The van der Waals surface area contributed by atoms with E-state index in [0.29, 0.717) is 0 Å². The van der Waals surface area contributed by atoms with Gasteiger partial charge < -0.3 is 5.32 Å². The normalized spacial score (nSPS) is 10.5. The standard InChI is InChI=1S/C8H16N4/c1-3-5-9-6-8-7-12(4-2)11-10-8/h7,9H,3-6H2,1-2H3. The number of aromatic nitrogens is 3. The van der Waals surface area contributed by atoms with E-state index in [1.165, 1.54) is 0 Å². The van der Waals surface area contributed by atoms with Crippen molar-refractivity contribution >= 4 is 0 Å². The number of nitrogens with one attached hydrogen (secondary N) is 1. The van der Waals surface area contributed by atoms with Crippen molar-refractivity contribution in [3.63, 3.8) is 0 Å². The van der Waals surface area contributed by atoms with E-state index >= 15 is 0 Å². The zero-order valence-electron chi connectivity index (χ0n) is 7.75. The van der Waals surface area contributed by atoms with E-state index in [2.05, 4.69) is 29.5 Å². The van der Waals surface area contributed by atoms with Crippen LogP contribution in [0.4, 0.5) is 0 Å². The molecule has 1 heterocycles. The van der Waals surface area contributed by atoms with Gasteiger partial charge in [0.05, 0.1) is 5.69 Å². The molecule has 0 aliphatic heterocycles. The van der Waals surface area contributed by atoms with Crippen LogP contribution in [0.5, 0.6) is 0 Å². The summed E-state index contributed by atoms with van der Waals surface area (Å²) in [5.41, 5.74) is 1.02. The van der Waals surface area contributed by atoms with Crippen molar-refractivity contribution in [3.8, 4) is 0 Å². The molecule has 0 spiro atoms. The Bertz CT molecular complexity index is 219. The SMILES string of the molecule is CCCNCc1cn(CC)nn1.